The molecule has 0 N–H and O–H groups in total. The molecule has 0 spiro atoms. The Labute approximate surface area is 144 Å². The second-order valence-electron chi connectivity index (χ2n) is 6.14. The number of benzene rings is 1. The van der Waals surface area contributed by atoms with Gasteiger partial charge in [-0.25, -0.2) is 14.2 Å². The molecule has 130 valence electrons. The number of ether oxygens (including phenoxy) is 1. The van der Waals surface area contributed by atoms with Crippen molar-refractivity contribution in [1.29, 1.82) is 0 Å². The van der Waals surface area contributed by atoms with Crippen LogP contribution in [0.3, 0.4) is 0 Å². The van der Waals surface area contributed by atoms with E-state index >= 15 is 0 Å². The minimum Gasteiger partial charge on any atom is -0.467 e. The lowest BCUT2D eigenvalue weighted by Gasteiger charge is -2.14. The standard InChI is InChI=1S/C18H20N4O3/c1-10-6-7-15(11(2)8-10)22-16-14(9-19-22)12(3)20-21(17(16)23)13(4)18(24)25-5/h6-9,13H,1-5H3. The second kappa shape index (κ2) is 6.16. The maximum absolute atomic E-state index is 13.0. The predicted molar refractivity (Wildman–Crippen MR) is 94.1 cm³/mol. The van der Waals surface area contributed by atoms with E-state index in [1.807, 2.05) is 32.0 Å². The molecule has 7 nitrogen and oxygen atoms in total. The van der Waals surface area contributed by atoms with Crippen LogP contribution in [0, 0.1) is 20.8 Å². The van der Waals surface area contributed by atoms with E-state index in [0.717, 1.165) is 21.5 Å². The molecule has 25 heavy (non-hydrogen) atoms. The number of aromatic nitrogens is 4. The van der Waals surface area contributed by atoms with Crippen LogP contribution in [0.15, 0.2) is 29.2 Å². The summed E-state index contributed by atoms with van der Waals surface area (Å²) in [6.45, 7) is 7.36. The third kappa shape index (κ3) is 2.71. The number of carbonyl (C=O) groups excluding carboxylic acids is 1. The number of rotatable bonds is 3. The zero-order chi connectivity index (χ0) is 18.3. The number of methoxy groups -OCH3 is 1. The van der Waals surface area contributed by atoms with Crippen LogP contribution >= 0.6 is 0 Å². The molecule has 0 aliphatic heterocycles. The number of hydrogen-bond acceptors (Lipinski definition) is 5. The van der Waals surface area contributed by atoms with Crippen LogP contribution in [0.1, 0.15) is 29.8 Å². The van der Waals surface area contributed by atoms with Gasteiger partial charge in [0, 0.05) is 5.39 Å². The van der Waals surface area contributed by atoms with E-state index in [9.17, 15) is 9.59 Å². The number of aryl methyl sites for hydroxylation is 3. The fraction of sp³-hybridized carbons (Fsp3) is 0.333. The Morgan fingerprint density at radius 1 is 1.24 bits per heavy atom. The molecule has 0 amide bonds. The van der Waals surface area contributed by atoms with Gasteiger partial charge in [0.1, 0.15) is 5.52 Å². The molecule has 3 rings (SSSR count). The Morgan fingerprint density at radius 3 is 2.60 bits per heavy atom. The third-order valence-electron chi connectivity index (χ3n) is 4.32. The van der Waals surface area contributed by atoms with E-state index in [4.69, 9.17) is 4.74 Å². The summed E-state index contributed by atoms with van der Waals surface area (Å²) in [5, 5.41) is 9.32. The van der Waals surface area contributed by atoms with Crippen LogP contribution in [0.4, 0.5) is 0 Å². The lowest BCUT2D eigenvalue weighted by atomic mass is 10.1. The molecule has 0 bridgehead atoms. The fourth-order valence-corrected chi connectivity index (χ4v) is 2.95. The van der Waals surface area contributed by atoms with Gasteiger partial charge < -0.3 is 4.74 Å². The van der Waals surface area contributed by atoms with Gasteiger partial charge in [0.05, 0.1) is 24.7 Å². The van der Waals surface area contributed by atoms with Crippen molar-refractivity contribution in [2.45, 2.75) is 33.7 Å². The molecule has 1 aromatic carbocycles. The second-order valence-corrected chi connectivity index (χ2v) is 6.14. The fourth-order valence-electron chi connectivity index (χ4n) is 2.95. The molecule has 0 saturated carbocycles. The SMILES string of the molecule is COC(=O)C(C)n1nc(C)c2cnn(-c3ccc(C)cc3C)c2c1=O. The van der Waals surface area contributed by atoms with E-state index in [-0.39, 0.29) is 5.56 Å². The Hall–Kier alpha value is -2.96. The smallest absolute Gasteiger partial charge is 0.330 e. The van der Waals surface area contributed by atoms with Gasteiger partial charge in [0.25, 0.3) is 5.56 Å². The average molecular weight is 340 g/mol. The molecule has 0 fully saturated rings. The zero-order valence-electron chi connectivity index (χ0n) is 14.9. The summed E-state index contributed by atoms with van der Waals surface area (Å²) in [4.78, 5) is 24.9. The van der Waals surface area contributed by atoms with Gasteiger partial charge in [0.2, 0.25) is 0 Å². The van der Waals surface area contributed by atoms with Crippen molar-refractivity contribution in [2.24, 2.45) is 0 Å². The molecule has 0 aliphatic rings. The molecule has 0 saturated heterocycles. The van der Waals surface area contributed by atoms with Crippen molar-refractivity contribution >= 4 is 16.9 Å². The minimum atomic E-state index is -0.817. The third-order valence-corrected chi connectivity index (χ3v) is 4.32. The summed E-state index contributed by atoms with van der Waals surface area (Å²) in [5.41, 5.74) is 3.60. The molecule has 3 aromatic rings. The highest BCUT2D eigenvalue weighted by Gasteiger charge is 2.22. The molecule has 1 unspecified atom stereocenters. The maximum Gasteiger partial charge on any atom is 0.330 e. The maximum atomic E-state index is 13.0. The Balaban J connectivity index is 2.31. The molecule has 0 radical (unpaired) electrons. The highest BCUT2D eigenvalue weighted by atomic mass is 16.5. The number of carbonyl (C=O) groups is 1. The van der Waals surface area contributed by atoms with Gasteiger partial charge in [-0.15, -0.1) is 0 Å². The first kappa shape index (κ1) is 16.9. The van der Waals surface area contributed by atoms with Crippen LogP contribution in [-0.4, -0.2) is 32.6 Å². The monoisotopic (exact) mass is 340 g/mol. The number of hydrogen-bond donors (Lipinski definition) is 0. The Bertz CT molecular complexity index is 1030. The lowest BCUT2D eigenvalue weighted by molar-refractivity contribution is -0.144. The van der Waals surface area contributed by atoms with Crippen molar-refractivity contribution in [3.05, 3.63) is 51.6 Å². The van der Waals surface area contributed by atoms with Crippen LogP contribution in [0.25, 0.3) is 16.6 Å². The van der Waals surface area contributed by atoms with Crippen LogP contribution in [0.5, 0.6) is 0 Å². The zero-order valence-corrected chi connectivity index (χ0v) is 14.9. The largest absolute Gasteiger partial charge is 0.467 e. The van der Waals surface area contributed by atoms with E-state index in [1.54, 1.807) is 24.7 Å². The first-order chi connectivity index (χ1) is 11.8. The van der Waals surface area contributed by atoms with Crippen molar-refractivity contribution in [2.75, 3.05) is 7.11 Å². The summed E-state index contributed by atoms with van der Waals surface area (Å²) in [5.74, 6) is -0.522. The number of esters is 1. The van der Waals surface area contributed by atoms with E-state index < -0.39 is 12.0 Å². The molecule has 1 atom stereocenters. The molecule has 0 aliphatic carbocycles. The molecule has 2 heterocycles. The van der Waals surface area contributed by atoms with Crippen LogP contribution in [-0.2, 0) is 9.53 Å². The summed E-state index contributed by atoms with van der Waals surface area (Å²) in [7, 11) is 1.29. The quantitative estimate of drug-likeness (QED) is 0.683. The summed E-state index contributed by atoms with van der Waals surface area (Å²) in [6.07, 6.45) is 1.63. The van der Waals surface area contributed by atoms with Crippen molar-refractivity contribution in [3.8, 4) is 5.69 Å². The number of fused-ring (bicyclic) bond motifs is 1. The molecule has 2 aromatic heterocycles. The van der Waals surface area contributed by atoms with Crippen molar-refractivity contribution < 1.29 is 9.53 Å². The summed E-state index contributed by atoms with van der Waals surface area (Å²) in [6, 6.07) is 5.12. The minimum absolute atomic E-state index is 0.379. The highest BCUT2D eigenvalue weighted by Crippen LogP contribution is 2.21. The van der Waals surface area contributed by atoms with Gasteiger partial charge in [-0.1, -0.05) is 17.7 Å². The molecular formula is C18H20N4O3. The Kier molecular flexibility index (Phi) is 4.16. The van der Waals surface area contributed by atoms with Gasteiger partial charge >= 0.3 is 5.97 Å². The first-order valence-corrected chi connectivity index (χ1v) is 7.97. The highest BCUT2D eigenvalue weighted by molar-refractivity contribution is 5.82. The van der Waals surface area contributed by atoms with Gasteiger partial charge in [-0.2, -0.15) is 10.2 Å². The van der Waals surface area contributed by atoms with Crippen LogP contribution < -0.4 is 5.56 Å². The normalized spacial score (nSPS) is 12.4. The topological polar surface area (TPSA) is 79.0 Å². The summed E-state index contributed by atoms with van der Waals surface area (Å²) < 4.78 is 7.51. The van der Waals surface area contributed by atoms with E-state index in [2.05, 4.69) is 10.2 Å². The average Bonchev–Trinajstić information content (AvgIpc) is 3.02. The van der Waals surface area contributed by atoms with Gasteiger partial charge in [-0.05, 0) is 39.3 Å². The lowest BCUT2D eigenvalue weighted by Crippen LogP contribution is -2.32. The molecular weight excluding hydrogens is 320 g/mol. The van der Waals surface area contributed by atoms with Gasteiger partial charge in [0.15, 0.2) is 6.04 Å². The van der Waals surface area contributed by atoms with E-state index in [1.165, 1.54) is 7.11 Å². The van der Waals surface area contributed by atoms with E-state index in [0.29, 0.717) is 16.6 Å². The van der Waals surface area contributed by atoms with Crippen LogP contribution in [0.2, 0.25) is 0 Å². The predicted octanol–water partition coefficient (Wildman–Crippen LogP) is 2.24. The number of nitrogens with zero attached hydrogens (tertiary/aromatic N) is 4. The van der Waals surface area contributed by atoms with Gasteiger partial charge in [-0.3, -0.25) is 4.79 Å². The Morgan fingerprint density at radius 2 is 1.96 bits per heavy atom. The molecule has 7 heteroatoms. The first-order valence-electron chi connectivity index (χ1n) is 7.97. The van der Waals surface area contributed by atoms with Crippen molar-refractivity contribution in [1.82, 2.24) is 19.6 Å². The summed E-state index contributed by atoms with van der Waals surface area (Å²) >= 11 is 0. The van der Waals surface area contributed by atoms with Crippen molar-refractivity contribution in [3.63, 3.8) is 0 Å².